The number of anilines is 1. The molecular weight excluding hydrogens is 252 g/mol. The lowest BCUT2D eigenvalue weighted by Crippen LogP contribution is -2.32. The molecule has 1 fully saturated rings. The third-order valence-corrected chi connectivity index (χ3v) is 3.39. The van der Waals surface area contributed by atoms with Crippen LogP contribution in [0.25, 0.3) is 0 Å². The second-order valence-electron chi connectivity index (χ2n) is 4.84. The van der Waals surface area contributed by atoms with Crippen molar-refractivity contribution in [2.75, 3.05) is 18.4 Å². The topological polar surface area (TPSA) is 58.1 Å². The van der Waals surface area contributed by atoms with E-state index in [0.29, 0.717) is 12.2 Å². The molecule has 1 N–H and O–H groups in total. The molecule has 0 radical (unpaired) electrons. The first-order valence-electron chi connectivity index (χ1n) is 6.70. The van der Waals surface area contributed by atoms with Gasteiger partial charge >= 0.3 is 0 Å². The van der Waals surface area contributed by atoms with Gasteiger partial charge in [-0.25, -0.2) is 0 Å². The molecule has 1 atom stereocenters. The maximum atomic E-state index is 12.3. The highest BCUT2D eigenvalue weighted by atomic mass is 16.2. The lowest BCUT2D eigenvalue weighted by Gasteiger charge is -2.17. The highest BCUT2D eigenvalue weighted by Gasteiger charge is 2.27. The summed E-state index contributed by atoms with van der Waals surface area (Å²) in [5.41, 5.74) is 1.50. The summed E-state index contributed by atoms with van der Waals surface area (Å²) in [6.45, 7) is 1.46. The van der Waals surface area contributed by atoms with Gasteiger partial charge in [0.2, 0.25) is 0 Å². The van der Waals surface area contributed by atoms with Crippen LogP contribution in [0.3, 0.4) is 0 Å². The van der Waals surface area contributed by atoms with Crippen LogP contribution in [0.4, 0.5) is 5.69 Å². The Labute approximate surface area is 117 Å². The van der Waals surface area contributed by atoms with Crippen LogP contribution in [0.2, 0.25) is 0 Å². The van der Waals surface area contributed by atoms with Crippen molar-refractivity contribution in [1.82, 2.24) is 14.9 Å². The molecule has 5 heteroatoms. The summed E-state index contributed by atoms with van der Waals surface area (Å²) in [6, 6.07) is 9.55. The molecule has 1 saturated heterocycles. The number of pyridine rings is 2. The molecule has 3 rings (SSSR count). The lowest BCUT2D eigenvalue weighted by atomic mass is 10.2. The smallest absolute Gasteiger partial charge is 0.272 e. The summed E-state index contributed by atoms with van der Waals surface area (Å²) in [5.74, 6) is 0.00101. The van der Waals surface area contributed by atoms with E-state index in [1.54, 1.807) is 24.7 Å². The molecule has 0 saturated carbocycles. The number of nitrogens with one attached hydrogen (secondary N) is 1. The van der Waals surface area contributed by atoms with Gasteiger partial charge in [0.25, 0.3) is 5.91 Å². The second-order valence-corrected chi connectivity index (χ2v) is 4.84. The van der Waals surface area contributed by atoms with Crippen molar-refractivity contribution in [2.45, 2.75) is 12.5 Å². The number of hydrogen-bond donors (Lipinski definition) is 1. The summed E-state index contributed by atoms with van der Waals surface area (Å²) in [4.78, 5) is 22.3. The third-order valence-electron chi connectivity index (χ3n) is 3.39. The van der Waals surface area contributed by atoms with Crippen LogP contribution in [-0.4, -0.2) is 39.9 Å². The minimum Gasteiger partial charge on any atom is -0.379 e. The van der Waals surface area contributed by atoms with E-state index < -0.39 is 0 Å². The van der Waals surface area contributed by atoms with Gasteiger partial charge in [-0.2, -0.15) is 0 Å². The fourth-order valence-corrected chi connectivity index (χ4v) is 2.40. The minimum absolute atomic E-state index is 0.00101. The average molecular weight is 268 g/mol. The third kappa shape index (κ3) is 2.77. The molecule has 0 spiro atoms. The van der Waals surface area contributed by atoms with Crippen LogP contribution < -0.4 is 5.32 Å². The van der Waals surface area contributed by atoms with Crippen LogP contribution in [0.1, 0.15) is 16.9 Å². The summed E-state index contributed by atoms with van der Waals surface area (Å²) >= 11 is 0. The standard InChI is InChI=1S/C15H16N4O/c20-15(14-5-1-2-8-17-14)19-9-6-13(11-19)18-12-4-3-7-16-10-12/h1-5,7-8,10,13,18H,6,9,11H2/t13-/m1/s1. The van der Waals surface area contributed by atoms with E-state index in [9.17, 15) is 4.79 Å². The van der Waals surface area contributed by atoms with Gasteiger partial charge in [-0.1, -0.05) is 6.07 Å². The van der Waals surface area contributed by atoms with Gasteiger partial charge in [0.05, 0.1) is 5.69 Å². The molecule has 2 aromatic heterocycles. The Morgan fingerprint density at radius 2 is 2.20 bits per heavy atom. The molecule has 5 nitrogen and oxygen atoms in total. The average Bonchev–Trinajstić information content (AvgIpc) is 2.97. The van der Waals surface area contributed by atoms with Crippen molar-refractivity contribution in [1.29, 1.82) is 0 Å². The van der Waals surface area contributed by atoms with E-state index in [4.69, 9.17) is 0 Å². The molecule has 20 heavy (non-hydrogen) atoms. The van der Waals surface area contributed by atoms with Gasteiger partial charge in [-0.3, -0.25) is 14.8 Å². The van der Waals surface area contributed by atoms with Crippen molar-refractivity contribution in [2.24, 2.45) is 0 Å². The molecule has 1 aliphatic heterocycles. The Morgan fingerprint density at radius 1 is 1.25 bits per heavy atom. The van der Waals surface area contributed by atoms with E-state index in [-0.39, 0.29) is 11.9 Å². The lowest BCUT2D eigenvalue weighted by molar-refractivity contribution is 0.0786. The number of carbonyl (C=O) groups is 1. The van der Waals surface area contributed by atoms with E-state index in [0.717, 1.165) is 18.7 Å². The highest BCUT2D eigenvalue weighted by molar-refractivity contribution is 5.92. The van der Waals surface area contributed by atoms with Gasteiger partial charge in [0.15, 0.2) is 0 Å². The van der Waals surface area contributed by atoms with Crippen LogP contribution in [-0.2, 0) is 0 Å². The number of aromatic nitrogens is 2. The maximum Gasteiger partial charge on any atom is 0.272 e. The van der Waals surface area contributed by atoms with Crippen LogP contribution in [0.5, 0.6) is 0 Å². The van der Waals surface area contributed by atoms with Crippen molar-refractivity contribution in [3.63, 3.8) is 0 Å². The predicted molar refractivity (Wildman–Crippen MR) is 76.4 cm³/mol. The summed E-state index contributed by atoms with van der Waals surface area (Å²) in [5, 5.41) is 3.40. The number of hydrogen-bond acceptors (Lipinski definition) is 4. The highest BCUT2D eigenvalue weighted by Crippen LogP contribution is 2.16. The maximum absolute atomic E-state index is 12.3. The van der Waals surface area contributed by atoms with E-state index in [2.05, 4.69) is 15.3 Å². The molecule has 0 unspecified atom stereocenters. The Balaban J connectivity index is 1.61. The molecular formula is C15H16N4O. The number of nitrogens with zero attached hydrogens (tertiary/aromatic N) is 3. The molecule has 0 aromatic carbocycles. The fourth-order valence-electron chi connectivity index (χ4n) is 2.40. The number of carbonyl (C=O) groups excluding carboxylic acids is 1. The molecule has 1 amide bonds. The van der Waals surface area contributed by atoms with Gasteiger partial charge in [-0.15, -0.1) is 0 Å². The monoisotopic (exact) mass is 268 g/mol. The molecule has 3 heterocycles. The SMILES string of the molecule is O=C(c1ccccn1)N1CC[C@@H](Nc2cccnc2)C1. The van der Waals surface area contributed by atoms with Crippen molar-refractivity contribution < 1.29 is 4.79 Å². The second kappa shape index (κ2) is 5.69. The Hall–Kier alpha value is -2.43. The molecule has 0 aliphatic carbocycles. The first kappa shape index (κ1) is 12.6. The molecule has 1 aliphatic rings. The zero-order chi connectivity index (χ0) is 13.8. The first-order chi connectivity index (χ1) is 9.83. The molecule has 102 valence electrons. The molecule has 2 aromatic rings. The van der Waals surface area contributed by atoms with Gasteiger partial charge < -0.3 is 10.2 Å². The van der Waals surface area contributed by atoms with Crippen molar-refractivity contribution in [3.8, 4) is 0 Å². The van der Waals surface area contributed by atoms with Gasteiger partial charge in [0.1, 0.15) is 5.69 Å². The number of likely N-dealkylation sites (tertiary alicyclic amines) is 1. The number of amides is 1. The summed E-state index contributed by atoms with van der Waals surface area (Å²) in [7, 11) is 0. The van der Waals surface area contributed by atoms with E-state index in [1.165, 1.54) is 0 Å². The zero-order valence-corrected chi connectivity index (χ0v) is 11.1. The van der Waals surface area contributed by atoms with Gasteiger partial charge in [-0.05, 0) is 30.7 Å². The Kier molecular flexibility index (Phi) is 3.58. The summed E-state index contributed by atoms with van der Waals surface area (Å²) in [6.07, 6.45) is 6.13. The Bertz CT molecular complexity index is 573. The van der Waals surface area contributed by atoms with E-state index in [1.807, 2.05) is 29.2 Å². The Morgan fingerprint density at radius 3 is 2.95 bits per heavy atom. The van der Waals surface area contributed by atoms with Gasteiger partial charge in [0, 0.05) is 37.7 Å². The largest absolute Gasteiger partial charge is 0.379 e. The zero-order valence-electron chi connectivity index (χ0n) is 11.1. The van der Waals surface area contributed by atoms with Crippen LogP contribution in [0.15, 0.2) is 48.9 Å². The number of rotatable bonds is 3. The normalized spacial score (nSPS) is 18.0. The predicted octanol–water partition coefficient (Wildman–Crippen LogP) is 1.80. The van der Waals surface area contributed by atoms with Crippen LogP contribution >= 0.6 is 0 Å². The molecule has 0 bridgehead atoms. The first-order valence-corrected chi connectivity index (χ1v) is 6.70. The van der Waals surface area contributed by atoms with Crippen molar-refractivity contribution in [3.05, 3.63) is 54.6 Å². The fraction of sp³-hybridized carbons (Fsp3) is 0.267. The quantitative estimate of drug-likeness (QED) is 0.922. The van der Waals surface area contributed by atoms with E-state index >= 15 is 0 Å². The van der Waals surface area contributed by atoms with Crippen molar-refractivity contribution >= 4 is 11.6 Å². The summed E-state index contributed by atoms with van der Waals surface area (Å²) < 4.78 is 0. The van der Waals surface area contributed by atoms with Crippen LogP contribution in [0, 0.1) is 0 Å². The minimum atomic E-state index is 0.00101.